The first-order valence-electron chi connectivity index (χ1n) is 9.80. The van der Waals surface area contributed by atoms with E-state index in [0.717, 1.165) is 42.8 Å². The van der Waals surface area contributed by atoms with Crippen molar-refractivity contribution in [3.63, 3.8) is 0 Å². The molecule has 0 bridgehead atoms. The third kappa shape index (κ3) is 3.83. The molecule has 1 unspecified atom stereocenters. The van der Waals surface area contributed by atoms with E-state index in [9.17, 15) is 10.1 Å². The van der Waals surface area contributed by atoms with Crippen LogP contribution < -0.4 is 5.56 Å². The molecule has 1 saturated heterocycles. The molecule has 1 atom stereocenters. The molecule has 1 aliphatic rings. The predicted octanol–water partition coefficient (Wildman–Crippen LogP) is 3.52. The number of likely N-dealkylation sites (tertiary alicyclic amines) is 1. The Balaban J connectivity index is 1.43. The lowest BCUT2D eigenvalue weighted by molar-refractivity contribution is 0.169. The van der Waals surface area contributed by atoms with Crippen molar-refractivity contribution in [3.8, 4) is 6.07 Å². The maximum absolute atomic E-state index is 12.4. The number of aromatic nitrogens is 2. The summed E-state index contributed by atoms with van der Waals surface area (Å²) in [6.45, 7) is 4.48. The van der Waals surface area contributed by atoms with Gasteiger partial charge >= 0.3 is 0 Å². The van der Waals surface area contributed by atoms with E-state index in [2.05, 4.69) is 28.1 Å². The highest BCUT2D eigenvalue weighted by Crippen LogP contribution is 2.32. The molecule has 5 heteroatoms. The third-order valence-corrected chi connectivity index (χ3v) is 5.65. The van der Waals surface area contributed by atoms with Crippen LogP contribution in [-0.4, -0.2) is 27.4 Å². The molecular formula is C23H24N4O. The number of piperidine rings is 1. The highest BCUT2D eigenvalue weighted by Gasteiger charge is 2.27. The van der Waals surface area contributed by atoms with Gasteiger partial charge in [0.1, 0.15) is 5.65 Å². The molecule has 142 valence electrons. The van der Waals surface area contributed by atoms with Crippen molar-refractivity contribution in [2.45, 2.75) is 32.2 Å². The fourth-order valence-electron chi connectivity index (χ4n) is 4.13. The van der Waals surface area contributed by atoms with Crippen molar-refractivity contribution >= 4 is 5.65 Å². The minimum Gasteiger partial charge on any atom is -0.297 e. The molecule has 28 heavy (non-hydrogen) atoms. The molecule has 3 aromatic rings. The van der Waals surface area contributed by atoms with Gasteiger partial charge in [0.15, 0.2) is 0 Å². The summed E-state index contributed by atoms with van der Waals surface area (Å²) in [5, 5.41) is 9.67. The molecule has 3 heterocycles. The Kier molecular flexibility index (Phi) is 5.23. The lowest BCUT2D eigenvalue weighted by Crippen LogP contribution is -2.35. The number of hydrogen-bond donors (Lipinski definition) is 0. The molecule has 0 radical (unpaired) electrons. The van der Waals surface area contributed by atoms with E-state index >= 15 is 0 Å². The average molecular weight is 372 g/mol. The minimum absolute atomic E-state index is 0.0350. The highest BCUT2D eigenvalue weighted by molar-refractivity contribution is 5.40. The molecule has 5 nitrogen and oxygen atoms in total. The van der Waals surface area contributed by atoms with E-state index in [1.165, 1.54) is 0 Å². The van der Waals surface area contributed by atoms with E-state index in [-0.39, 0.29) is 11.5 Å². The van der Waals surface area contributed by atoms with Crippen molar-refractivity contribution < 1.29 is 0 Å². The Hall–Kier alpha value is -2.97. The average Bonchev–Trinajstić information content (AvgIpc) is 2.71. The van der Waals surface area contributed by atoms with Crippen LogP contribution in [0, 0.1) is 24.2 Å². The van der Waals surface area contributed by atoms with E-state index in [4.69, 9.17) is 0 Å². The largest absolute Gasteiger partial charge is 0.297 e. The molecule has 2 aromatic heterocycles. The van der Waals surface area contributed by atoms with Crippen molar-refractivity contribution in [1.29, 1.82) is 5.26 Å². The first kappa shape index (κ1) is 18.4. The number of benzene rings is 1. The van der Waals surface area contributed by atoms with Gasteiger partial charge in [-0.2, -0.15) is 5.26 Å². The van der Waals surface area contributed by atoms with Crippen LogP contribution in [-0.2, 0) is 6.54 Å². The highest BCUT2D eigenvalue weighted by atomic mass is 16.1. The van der Waals surface area contributed by atoms with Crippen LogP contribution in [0.25, 0.3) is 5.65 Å². The molecular weight excluding hydrogens is 348 g/mol. The zero-order chi connectivity index (χ0) is 19.5. The Morgan fingerprint density at radius 3 is 2.64 bits per heavy atom. The Labute approximate surface area is 164 Å². The number of fused-ring (bicyclic) bond motifs is 1. The van der Waals surface area contributed by atoms with Crippen molar-refractivity contribution in [3.05, 3.63) is 81.9 Å². The summed E-state index contributed by atoms with van der Waals surface area (Å²) >= 11 is 0. The van der Waals surface area contributed by atoms with Gasteiger partial charge in [0.25, 0.3) is 5.56 Å². The summed E-state index contributed by atoms with van der Waals surface area (Å²) in [7, 11) is 0. The minimum atomic E-state index is -0.0463. The van der Waals surface area contributed by atoms with E-state index in [1.54, 1.807) is 10.5 Å². The van der Waals surface area contributed by atoms with Crippen LogP contribution in [0.3, 0.4) is 0 Å². The van der Waals surface area contributed by atoms with Crippen LogP contribution in [0.2, 0.25) is 0 Å². The van der Waals surface area contributed by atoms with Crippen molar-refractivity contribution in [2.24, 2.45) is 5.92 Å². The van der Waals surface area contributed by atoms with Gasteiger partial charge in [-0.15, -0.1) is 0 Å². The molecule has 0 aliphatic carbocycles. The number of pyridine rings is 1. The molecule has 1 aromatic carbocycles. The SMILES string of the molecule is Cc1ccc2nc(CN3CCC(C(C#N)c4ccccc4)CC3)cc(=O)n2c1. The lowest BCUT2D eigenvalue weighted by Gasteiger charge is -2.33. The fourth-order valence-corrected chi connectivity index (χ4v) is 4.13. The van der Waals surface area contributed by atoms with Crippen LogP contribution >= 0.6 is 0 Å². The number of nitriles is 1. The van der Waals surface area contributed by atoms with Crippen LogP contribution in [0.1, 0.15) is 35.6 Å². The summed E-state index contributed by atoms with van der Waals surface area (Å²) in [6, 6.07) is 18.1. The number of hydrogen-bond acceptors (Lipinski definition) is 4. The molecule has 4 rings (SSSR count). The van der Waals surface area contributed by atoms with Gasteiger partial charge in [-0.3, -0.25) is 14.1 Å². The fraction of sp³-hybridized carbons (Fsp3) is 0.348. The zero-order valence-corrected chi connectivity index (χ0v) is 16.1. The summed E-state index contributed by atoms with van der Waals surface area (Å²) in [6.07, 6.45) is 3.79. The molecule has 1 fully saturated rings. The lowest BCUT2D eigenvalue weighted by atomic mass is 9.81. The van der Waals surface area contributed by atoms with Gasteiger partial charge in [-0.25, -0.2) is 4.98 Å². The number of aryl methyl sites for hydroxylation is 1. The van der Waals surface area contributed by atoms with E-state index < -0.39 is 0 Å². The quantitative estimate of drug-likeness (QED) is 0.703. The van der Waals surface area contributed by atoms with Gasteiger partial charge < -0.3 is 0 Å². The maximum atomic E-state index is 12.4. The topological polar surface area (TPSA) is 61.4 Å². The van der Waals surface area contributed by atoms with E-state index in [0.29, 0.717) is 18.1 Å². The first-order chi connectivity index (χ1) is 13.6. The molecule has 0 saturated carbocycles. The predicted molar refractivity (Wildman–Crippen MR) is 109 cm³/mol. The second-order valence-electron chi connectivity index (χ2n) is 7.65. The van der Waals surface area contributed by atoms with Gasteiger partial charge in [-0.05, 0) is 56.0 Å². The Morgan fingerprint density at radius 1 is 1.18 bits per heavy atom. The summed E-state index contributed by atoms with van der Waals surface area (Å²) in [4.78, 5) is 19.4. The monoisotopic (exact) mass is 372 g/mol. The van der Waals surface area contributed by atoms with Crippen LogP contribution in [0.15, 0.2) is 59.5 Å². The first-order valence-corrected chi connectivity index (χ1v) is 9.80. The molecule has 0 spiro atoms. The second-order valence-corrected chi connectivity index (χ2v) is 7.65. The summed E-state index contributed by atoms with van der Waals surface area (Å²) < 4.78 is 1.60. The van der Waals surface area contributed by atoms with Crippen LogP contribution in [0.4, 0.5) is 0 Å². The van der Waals surface area contributed by atoms with E-state index in [1.807, 2.05) is 43.5 Å². The normalized spacial score (nSPS) is 16.7. The zero-order valence-electron chi connectivity index (χ0n) is 16.1. The Morgan fingerprint density at radius 2 is 1.93 bits per heavy atom. The molecule has 0 N–H and O–H groups in total. The Bertz CT molecular complexity index is 1060. The van der Waals surface area contributed by atoms with Crippen LogP contribution in [0.5, 0.6) is 0 Å². The third-order valence-electron chi connectivity index (χ3n) is 5.65. The number of rotatable bonds is 4. The number of nitrogens with zero attached hydrogens (tertiary/aromatic N) is 4. The molecule has 1 aliphatic heterocycles. The van der Waals surface area contributed by atoms with Gasteiger partial charge in [0.05, 0.1) is 17.7 Å². The second kappa shape index (κ2) is 7.95. The summed E-state index contributed by atoms with van der Waals surface area (Å²) in [5.41, 5.74) is 3.62. The van der Waals surface area contributed by atoms with Crippen molar-refractivity contribution in [1.82, 2.24) is 14.3 Å². The van der Waals surface area contributed by atoms with Gasteiger partial charge in [0, 0.05) is 18.8 Å². The summed E-state index contributed by atoms with van der Waals surface area (Å²) in [5.74, 6) is 0.330. The standard InChI is InChI=1S/C23H24N4O/c1-17-7-8-22-25-20(13-23(28)27(22)15-17)16-26-11-9-19(10-12-26)21(14-24)18-5-3-2-4-6-18/h2-8,13,15,19,21H,9-12,16H2,1H3. The van der Waals surface area contributed by atoms with Gasteiger partial charge in [-0.1, -0.05) is 36.4 Å². The van der Waals surface area contributed by atoms with Crippen molar-refractivity contribution in [2.75, 3.05) is 13.1 Å². The smallest absolute Gasteiger partial charge is 0.258 e. The maximum Gasteiger partial charge on any atom is 0.258 e. The molecule has 0 amide bonds. The van der Waals surface area contributed by atoms with Gasteiger partial charge in [0.2, 0.25) is 0 Å².